The molecular weight excluding hydrogens is 408 g/mol. The van der Waals surface area contributed by atoms with Gasteiger partial charge in [0.25, 0.3) is 5.91 Å². The predicted molar refractivity (Wildman–Crippen MR) is 128 cm³/mol. The molecule has 3 aromatic heterocycles. The lowest BCUT2D eigenvalue weighted by molar-refractivity contribution is 0.0895. The first-order valence-electron chi connectivity index (χ1n) is 11.5. The molecule has 1 atom stereocenters. The van der Waals surface area contributed by atoms with Crippen LogP contribution in [0.3, 0.4) is 0 Å². The minimum atomic E-state index is -0.261. The largest absolute Gasteiger partial charge is 0.344 e. The molecule has 0 radical (unpaired) electrons. The summed E-state index contributed by atoms with van der Waals surface area (Å²) in [4.78, 5) is 18.1. The van der Waals surface area contributed by atoms with E-state index >= 15 is 0 Å². The van der Waals surface area contributed by atoms with Crippen LogP contribution in [0.25, 0.3) is 5.52 Å². The first kappa shape index (κ1) is 21.0. The van der Waals surface area contributed by atoms with Gasteiger partial charge in [0.15, 0.2) is 0 Å². The number of hydrogen-bond donors (Lipinski definition) is 1. The van der Waals surface area contributed by atoms with Gasteiger partial charge in [-0.2, -0.15) is 5.26 Å². The number of nitriles is 1. The maximum atomic E-state index is 13.7. The normalized spacial score (nSPS) is 16.1. The van der Waals surface area contributed by atoms with Gasteiger partial charge in [-0.25, -0.2) is 0 Å². The molecule has 1 amide bonds. The third-order valence-electron chi connectivity index (χ3n) is 6.99. The first-order chi connectivity index (χ1) is 16.2. The topological polar surface area (TPSA) is 70.2 Å². The Morgan fingerprint density at radius 1 is 1.00 bits per heavy atom. The van der Waals surface area contributed by atoms with Crippen LogP contribution in [0.15, 0.2) is 85.5 Å². The molecule has 0 aliphatic heterocycles. The fraction of sp³-hybridized carbons (Fsp3) is 0.250. The van der Waals surface area contributed by atoms with Crippen molar-refractivity contribution in [2.24, 2.45) is 0 Å². The van der Waals surface area contributed by atoms with E-state index in [0.717, 1.165) is 42.3 Å². The molecule has 3 heterocycles. The Labute approximate surface area is 193 Å². The summed E-state index contributed by atoms with van der Waals surface area (Å²) in [5, 5.41) is 12.7. The molecule has 0 saturated heterocycles. The second kappa shape index (κ2) is 8.91. The number of carbonyl (C=O) groups excluding carboxylic acids is 1. The smallest absolute Gasteiger partial charge is 0.253 e. The van der Waals surface area contributed by atoms with E-state index in [1.807, 2.05) is 77.6 Å². The third-order valence-corrected chi connectivity index (χ3v) is 6.99. The Morgan fingerprint density at radius 3 is 2.45 bits per heavy atom. The number of rotatable bonds is 5. The van der Waals surface area contributed by atoms with Crippen LogP contribution in [0.5, 0.6) is 0 Å². The molecule has 1 saturated carbocycles. The van der Waals surface area contributed by atoms with Gasteiger partial charge in [-0.15, -0.1) is 0 Å². The maximum absolute atomic E-state index is 13.7. The summed E-state index contributed by atoms with van der Waals surface area (Å²) in [5.41, 5.74) is 4.05. The number of aromatic nitrogens is 2. The molecule has 0 bridgehead atoms. The van der Waals surface area contributed by atoms with Crippen molar-refractivity contribution in [1.29, 1.82) is 5.26 Å². The van der Waals surface area contributed by atoms with Crippen LogP contribution in [0.1, 0.15) is 65.2 Å². The Bertz CT molecular complexity index is 1300. The van der Waals surface area contributed by atoms with Crippen molar-refractivity contribution in [3.63, 3.8) is 0 Å². The lowest BCUT2D eigenvalue weighted by Gasteiger charge is -2.44. The predicted octanol–water partition coefficient (Wildman–Crippen LogP) is 5.58. The second-order valence-corrected chi connectivity index (χ2v) is 8.82. The summed E-state index contributed by atoms with van der Waals surface area (Å²) < 4.78 is 1.96. The monoisotopic (exact) mass is 434 g/mol. The molecule has 1 N–H and O–H groups in total. The highest BCUT2D eigenvalue weighted by Gasteiger charge is 2.43. The molecule has 5 heteroatoms. The van der Waals surface area contributed by atoms with Gasteiger partial charge in [0, 0.05) is 30.2 Å². The van der Waals surface area contributed by atoms with Gasteiger partial charge in [0.1, 0.15) is 0 Å². The van der Waals surface area contributed by atoms with Gasteiger partial charge >= 0.3 is 0 Å². The summed E-state index contributed by atoms with van der Waals surface area (Å²) in [6.45, 7) is 0. The molecule has 4 aromatic rings. The standard InChI is InChI=1S/C28H26N4O/c29-19-21-10-12-22(13-11-21)26(28(14-2-1-3-15-28)23-7-4-16-30-20-23)31-27(33)24-8-5-17-32-18-6-9-25(24)32/h4-13,16-18,20,26H,1-3,14-15H2,(H,31,33). The van der Waals surface area contributed by atoms with E-state index in [2.05, 4.69) is 22.4 Å². The summed E-state index contributed by atoms with van der Waals surface area (Å²) in [5.74, 6) is -0.0949. The Balaban J connectivity index is 1.61. The number of amides is 1. The van der Waals surface area contributed by atoms with Crippen LogP contribution in [0, 0.1) is 11.3 Å². The van der Waals surface area contributed by atoms with Crippen molar-refractivity contribution in [3.05, 3.63) is 108 Å². The number of fused-ring (bicyclic) bond motifs is 1. The van der Waals surface area contributed by atoms with Crippen molar-refractivity contribution in [1.82, 2.24) is 14.7 Å². The molecule has 1 aliphatic rings. The minimum Gasteiger partial charge on any atom is -0.344 e. The quantitative estimate of drug-likeness (QED) is 0.446. The van der Waals surface area contributed by atoms with Gasteiger partial charge in [0.05, 0.1) is 28.8 Å². The fourth-order valence-electron chi connectivity index (χ4n) is 5.34. The zero-order chi connectivity index (χ0) is 22.7. The van der Waals surface area contributed by atoms with E-state index in [0.29, 0.717) is 11.1 Å². The van der Waals surface area contributed by atoms with E-state index in [-0.39, 0.29) is 17.4 Å². The Kier molecular flexibility index (Phi) is 5.66. The minimum absolute atomic E-state index is 0.0949. The number of nitrogens with one attached hydrogen (secondary N) is 1. The molecule has 164 valence electrons. The van der Waals surface area contributed by atoms with Gasteiger partial charge < -0.3 is 9.72 Å². The summed E-state index contributed by atoms with van der Waals surface area (Å²) >= 11 is 0. The van der Waals surface area contributed by atoms with Gasteiger partial charge in [-0.05, 0) is 66.4 Å². The fourth-order valence-corrected chi connectivity index (χ4v) is 5.34. The molecule has 1 fully saturated rings. The number of benzene rings is 1. The molecule has 5 rings (SSSR count). The average molecular weight is 435 g/mol. The molecule has 0 spiro atoms. The zero-order valence-electron chi connectivity index (χ0n) is 18.4. The van der Waals surface area contributed by atoms with Crippen LogP contribution in [-0.2, 0) is 5.41 Å². The average Bonchev–Trinajstić information content (AvgIpc) is 3.37. The second-order valence-electron chi connectivity index (χ2n) is 8.82. The molecule has 5 nitrogen and oxygen atoms in total. The molecule has 33 heavy (non-hydrogen) atoms. The Hall–Kier alpha value is -3.91. The third kappa shape index (κ3) is 3.89. The van der Waals surface area contributed by atoms with Crippen LogP contribution in [0.2, 0.25) is 0 Å². The zero-order valence-corrected chi connectivity index (χ0v) is 18.4. The van der Waals surface area contributed by atoms with E-state index in [1.165, 1.54) is 6.42 Å². The van der Waals surface area contributed by atoms with Crippen molar-refractivity contribution >= 4 is 11.4 Å². The molecule has 1 aliphatic carbocycles. The van der Waals surface area contributed by atoms with Crippen molar-refractivity contribution in [2.45, 2.75) is 43.6 Å². The van der Waals surface area contributed by atoms with E-state index in [9.17, 15) is 10.1 Å². The SMILES string of the molecule is N#Cc1ccc(C(NC(=O)c2cccn3cccc23)C2(c3cccnc3)CCCCC2)cc1. The lowest BCUT2D eigenvalue weighted by atomic mass is 9.63. The van der Waals surface area contributed by atoms with Crippen LogP contribution in [0.4, 0.5) is 0 Å². The summed E-state index contributed by atoms with van der Waals surface area (Å²) in [6.07, 6.45) is 13.0. The van der Waals surface area contributed by atoms with Gasteiger partial charge in [-0.3, -0.25) is 9.78 Å². The molecular formula is C28H26N4O. The number of carbonyl (C=O) groups is 1. The highest BCUT2D eigenvalue weighted by molar-refractivity contribution is 6.01. The van der Waals surface area contributed by atoms with Crippen LogP contribution >= 0.6 is 0 Å². The van der Waals surface area contributed by atoms with E-state index in [1.54, 1.807) is 6.20 Å². The summed E-state index contributed by atoms with van der Waals surface area (Å²) in [7, 11) is 0. The van der Waals surface area contributed by atoms with E-state index < -0.39 is 0 Å². The summed E-state index contributed by atoms with van der Waals surface area (Å²) in [6, 6.07) is 21.4. The van der Waals surface area contributed by atoms with Crippen LogP contribution < -0.4 is 5.32 Å². The maximum Gasteiger partial charge on any atom is 0.253 e. The van der Waals surface area contributed by atoms with E-state index in [4.69, 9.17) is 0 Å². The van der Waals surface area contributed by atoms with Crippen molar-refractivity contribution < 1.29 is 4.79 Å². The van der Waals surface area contributed by atoms with Crippen LogP contribution in [-0.4, -0.2) is 15.3 Å². The number of nitrogens with zero attached hydrogens (tertiary/aromatic N) is 3. The highest BCUT2D eigenvalue weighted by Crippen LogP contribution is 2.48. The highest BCUT2D eigenvalue weighted by atomic mass is 16.1. The first-order valence-corrected chi connectivity index (χ1v) is 11.5. The Morgan fingerprint density at radius 2 is 1.76 bits per heavy atom. The molecule has 1 unspecified atom stereocenters. The van der Waals surface area contributed by atoms with Crippen molar-refractivity contribution in [3.8, 4) is 6.07 Å². The van der Waals surface area contributed by atoms with Gasteiger partial charge in [0.2, 0.25) is 0 Å². The molecule has 1 aromatic carbocycles. The lowest BCUT2D eigenvalue weighted by Crippen LogP contribution is -2.45. The van der Waals surface area contributed by atoms with Gasteiger partial charge in [-0.1, -0.05) is 37.5 Å². The van der Waals surface area contributed by atoms with Crippen molar-refractivity contribution in [2.75, 3.05) is 0 Å². The number of pyridine rings is 2. The number of hydrogen-bond acceptors (Lipinski definition) is 3.